The van der Waals surface area contributed by atoms with E-state index in [1.165, 1.54) is 0 Å². The molecule has 0 saturated carbocycles. The predicted octanol–water partition coefficient (Wildman–Crippen LogP) is 0.411. The molecule has 0 amide bonds. The third-order valence-corrected chi connectivity index (χ3v) is 4.67. The molecule has 6 nitrogen and oxygen atoms in total. The fourth-order valence-electron chi connectivity index (χ4n) is 0.658. The van der Waals surface area contributed by atoms with Crippen LogP contribution in [0.15, 0.2) is 0 Å². The van der Waals surface area contributed by atoms with Crippen LogP contribution in [0.1, 0.15) is 0 Å². The van der Waals surface area contributed by atoms with Gasteiger partial charge in [0.2, 0.25) is 0 Å². The minimum atomic E-state index is 0. The van der Waals surface area contributed by atoms with Crippen molar-refractivity contribution in [1.82, 2.24) is 31.1 Å². The molecule has 0 atom stereocenters. The summed E-state index contributed by atoms with van der Waals surface area (Å²) in [5.41, 5.74) is 0. The molecule has 0 unspecified atom stereocenters. The van der Waals surface area contributed by atoms with E-state index in [-0.39, 0.29) is 58.4 Å². The van der Waals surface area contributed by atoms with Crippen molar-refractivity contribution in [3.63, 3.8) is 0 Å². The summed E-state index contributed by atoms with van der Waals surface area (Å²) < 4.78 is 2.51. The topological polar surface area (TPSA) is 54.6 Å². The molecular weight excluding hydrogens is 833 g/mol. The van der Waals surface area contributed by atoms with Crippen molar-refractivity contribution in [2.24, 2.45) is 0 Å². The summed E-state index contributed by atoms with van der Waals surface area (Å²) in [4.78, 5) is 3.43. The van der Waals surface area contributed by atoms with Crippen molar-refractivity contribution in [2.75, 3.05) is 54.4 Å². The number of thiocarbonyl (C=S) groups is 6. The zero-order valence-corrected chi connectivity index (χ0v) is 38.4. The quantitative estimate of drug-likeness (QED) is 0.129. The molecule has 21 heteroatoms. The van der Waals surface area contributed by atoms with Crippen LogP contribution in [0, 0.1) is 0 Å². The van der Waals surface area contributed by atoms with E-state index in [1.54, 1.807) is 9.80 Å². The van der Waals surface area contributed by atoms with Crippen molar-refractivity contribution in [3.8, 4) is 0 Å². The Hall–Kier alpha value is 2.53. The van der Waals surface area contributed by atoms with Gasteiger partial charge in [-0.25, -0.2) is 0 Å². The Labute approximate surface area is 314 Å². The van der Waals surface area contributed by atoms with Crippen LogP contribution in [0.4, 0.5) is 0 Å². The van der Waals surface area contributed by atoms with Gasteiger partial charge in [0.25, 0.3) is 0 Å². The molecule has 0 aliphatic rings. The summed E-state index contributed by atoms with van der Waals surface area (Å²) in [6, 6.07) is 0. The van der Waals surface area contributed by atoms with Crippen LogP contribution in [-0.2, 0) is 134 Å². The molecule has 0 aliphatic heterocycles. The van der Waals surface area contributed by atoms with Crippen molar-refractivity contribution in [3.05, 3.63) is 0 Å². The van der Waals surface area contributed by atoms with E-state index < -0.39 is 0 Å². The molecule has 0 aromatic carbocycles. The van der Waals surface area contributed by atoms with E-state index in [1.807, 2.05) is 28.2 Å². The Morgan fingerprint density at radius 2 is 0.571 bits per heavy atom. The summed E-state index contributed by atoms with van der Waals surface area (Å²) in [7, 11) is 7.31. The van der Waals surface area contributed by atoms with Crippen LogP contribution in [0.2, 0.25) is 0 Å². The monoisotopic (exact) mass is 852 g/mol. The van der Waals surface area contributed by atoms with Crippen molar-refractivity contribution < 1.29 is 58.4 Å². The molecule has 0 aromatic heterocycles. The molecule has 0 spiro atoms. The largest absolute Gasteiger partial charge is 2.00 e. The third kappa shape index (κ3) is 72.4. The first-order valence-corrected chi connectivity index (χ1v) is 13.0. The van der Waals surface area contributed by atoms with Gasteiger partial charge < -0.3 is 180 Å². The summed E-state index contributed by atoms with van der Waals surface area (Å²) in [5, 5.41) is 11.1. The van der Waals surface area contributed by atoms with Crippen molar-refractivity contribution >= 4 is 175 Å². The van der Waals surface area contributed by atoms with Gasteiger partial charge in [0.15, 0.2) is 0 Å². The average Bonchev–Trinajstić information content (AvgIpc) is 2.63. The number of rotatable bonds is 6. The summed E-state index contributed by atoms with van der Waals surface area (Å²) in [6.45, 7) is 2.66. The summed E-state index contributed by atoms with van der Waals surface area (Å²) in [5.74, 6) is 0. The first kappa shape index (κ1) is 53.7. The molecule has 0 heterocycles. The van der Waals surface area contributed by atoms with Gasteiger partial charge in [0, 0.05) is 54.4 Å². The number of nitrogens with one attached hydrogen (secondary N) is 4. The van der Waals surface area contributed by atoms with Crippen LogP contribution in [0.5, 0.6) is 0 Å². The summed E-state index contributed by atoms with van der Waals surface area (Å²) >= 11 is 55.0. The Kier molecular flexibility index (Phi) is 59.4. The molecule has 0 aromatic rings. The van der Waals surface area contributed by atoms with Gasteiger partial charge in [-0.15, -0.1) is 0 Å². The molecule has 0 saturated heterocycles. The van der Waals surface area contributed by atoms with Crippen LogP contribution in [-0.4, -0.2) is 90.1 Å². The van der Waals surface area contributed by atoms with Gasteiger partial charge in [-0.3, -0.25) is 0 Å². The Morgan fingerprint density at radius 3 is 0.629 bits per heavy atom. The Morgan fingerprint density at radius 1 is 0.457 bits per heavy atom. The fraction of sp³-hybridized carbons (Fsp3) is 0.571. The molecule has 0 aliphatic carbocycles. The van der Waals surface area contributed by atoms with Crippen LogP contribution in [0.25, 0.3) is 0 Å². The first-order chi connectivity index (χ1) is 14.5. The zero-order valence-electron chi connectivity index (χ0n) is 19.7. The van der Waals surface area contributed by atoms with Gasteiger partial charge in [-0.2, -0.15) is 0 Å². The van der Waals surface area contributed by atoms with Crippen molar-refractivity contribution in [2.45, 2.75) is 0 Å². The Bertz CT molecular complexity index is 517. The standard InChI is InChI=1S/2C4H8N2S4.2C3H7NS2.3Zn/c2*7-3(8)5-1-2-6-4(9)10;2*1-4(2)3(5)6;;;/h2*1-2H2,(H2,5,7,8)(H2,6,9,10);2*1-2H3,(H,5,6);;;/q;;;;3*+2/p-6. The van der Waals surface area contributed by atoms with E-state index in [0.717, 1.165) is 0 Å². The summed E-state index contributed by atoms with van der Waals surface area (Å²) in [6.07, 6.45) is 0. The maximum absolute atomic E-state index is 4.59. The second-order valence-corrected chi connectivity index (χ2v) is 11.5. The van der Waals surface area contributed by atoms with E-state index in [2.05, 4.69) is 170 Å². The van der Waals surface area contributed by atoms with Gasteiger partial charge in [0.1, 0.15) is 0 Å². The van der Waals surface area contributed by atoms with E-state index >= 15 is 0 Å². The fourth-order valence-corrected chi connectivity index (χ4v) is 1.47. The molecule has 0 bridgehead atoms. The van der Waals surface area contributed by atoms with Crippen LogP contribution < -0.4 is 21.3 Å². The zero-order chi connectivity index (χ0) is 26.3. The molecule has 4 N–H and O–H groups in total. The SMILES string of the molecule is CN(C)C(=S)[S-].CN(C)C(=S)[S-].S=C([S-])NCCNC(=S)[S-].S=C([S-])NCCNC(=S)[S-].[Zn+2].[Zn+2].[Zn+2]. The molecular formula is C14H24N6S12Zn3. The van der Waals surface area contributed by atoms with E-state index in [0.29, 0.717) is 52.1 Å². The molecule has 35 heavy (non-hydrogen) atoms. The second kappa shape index (κ2) is 38.7. The van der Waals surface area contributed by atoms with E-state index in [9.17, 15) is 0 Å². The van der Waals surface area contributed by atoms with Gasteiger partial charge in [-0.1, -0.05) is 25.9 Å². The molecule has 0 fully saturated rings. The molecule has 0 rings (SSSR count). The normalized spacial score (nSPS) is 7.43. The maximum Gasteiger partial charge on any atom is 2.00 e. The number of hydrogen-bond acceptors (Lipinski definition) is 12. The van der Waals surface area contributed by atoms with Crippen LogP contribution >= 0.6 is 73.3 Å². The molecule has 0 radical (unpaired) electrons. The van der Waals surface area contributed by atoms with Crippen molar-refractivity contribution in [1.29, 1.82) is 0 Å². The number of hydrogen-bond donors (Lipinski definition) is 4. The smallest absolute Gasteiger partial charge is 0.412 e. The Balaban J connectivity index is -0.0000000596. The third-order valence-electron chi connectivity index (χ3n) is 2.06. The van der Waals surface area contributed by atoms with Gasteiger partial charge in [0.05, 0.1) is 0 Å². The molecule has 188 valence electrons. The second-order valence-electron chi connectivity index (χ2n) is 5.18. The minimum Gasteiger partial charge on any atom is -0.412 e. The minimum absolute atomic E-state index is 0. The average molecular weight is 857 g/mol. The predicted molar refractivity (Wildman–Crippen MR) is 179 cm³/mol. The maximum atomic E-state index is 4.59. The first-order valence-electron chi connectivity index (χ1n) is 8.10. The van der Waals surface area contributed by atoms with Gasteiger partial charge in [-0.05, 0) is 0 Å². The van der Waals surface area contributed by atoms with E-state index in [4.69, 9.17) is 0 Å². The van der Waals surface area contributed by atoms with Gasteiger partial charge >= 0.3 is 58.4 Å². The van der Waals surface area contributed by atoms with Crippen LogP contribution in [0.3, 0.4) is 0 Å². The number of nitrogens with zero attached hydrogens (tertiary/aromatic N) is 2.